The van der Waals surface area contributed by atoms with Gasteiger partial charge < -0.3 is 10.1 Å². The van der Waals surface area contributed by atoms with Crippen LogP contribution >= 0.6 is 27.3 Å². The second kappa shape index (κ2) is 6.14. The van der Waals surface area contributed by atoms with Crippen molar-refractivity contribution in [2.24, 2.45) is 0 Å². The van der Waals surface area contributed by atoms with E-state index in [9.17, 15) is 0 Å². The van der Waals surface area contributed by atoms with Crippen LogP contribution in [0.3, 0.4) is 0 Å². The lowest BCUT2D eigenvalue weighted by atomic mass is 10.1. The van der Waals surface area contributed by atoms with Crippen LogP contribution in [-0.2, 0) is 0 Å². The lowest BCUT2D eigenvalue weighted by molar-refractivity contribution is 0.415. The summed E-state index contributed by atoms with van der Waals surface area (Å²) in [7, 11) is 1.69. The van der Waals surface area contributed by atoms with Crippen LogP contribution in [0.5, 0.6) is 5.75 Å². The van der Waals surface area contributed by atoms with Gasteiger partial charge in [-0.05, 0) is 45.4 Å². The van der Waals surface area contributed by atoms with Crippen LogP contribution in [0.15, 0.2) is 16.6 Å². The summed E-state index contributed by atoms with van der Waals surface area (Å²) in [5.41, 5.74) is 3.28. The van der Waals surface area contributed by atoms with Gasteiger partial charge in [0.25, 0.3) is 0 Å². The average Bonchev–Trinajstić information content (AvgIpc) is 2.71. The Morgan fingerprint density at radius 3 is 2.55 bits per heavy atom. The van der Waals surface area contributed by atoms with Crippen molar-refractivity contribution in [1.29, 1.82) is 0 Å². The topological polar surface area (TPSA) is 34.1 Å². The second-order valence-electron chi connectivity index (χ2n) is 4.84. The highest BCUT2D eigenvalue weighted by Gasteiger charge is 2.16. The number of benzene rings is 1. The molecule has 0 fully saturated rings. The lowest BCUT2D eigenvalue weighted by Gasteiger charge is -2.19. The van der Waals surface area contributed by atoms with E-state index < -0.39 is 0 Å². The summed E-state index contributed by atoms with van der Waals surface area (Å²) in [5, 5.41) is 4.63. The molecule has 1 heterocycles. The highest BCUT2D eigenvalue weighted by atomic mass is 79.9. The largest absolute Gasteiger partial charge is 0.495 e. The van der Waals surface area contributed by atoms with E-state index in [1.54, 1.807) is 18.4 Å². The Morgan fingerprint density at radius 2 is 2.00 bits per heavy atom. The second-order valence-corrected chi connectivity index (χ2v) is 7.16. The molecule has 2 rings (SSSR count). The third kappa shape index (κ3) is 3.15. The number of methoxy groups -OCH3 is 1. The molecule has 0 saturated carbocycles. The van der Waals surface area contributed by atoms with Crippen molar-refractivity contribution in [3.63, 3.8) is 0 Å². The van der Waals surface area contributed by atoms with Gasteiger partial charge in [-0.1, -0.05) is 15.9 Å². The van der Waals surface area contributed by atoms with Crippen molar-refractivity contribution in [2.45, 2.75) is 33.7 Å². The minimum atomic E-state index is 0.147. The molecule has 0 bridgehead atoms. The Kier molecular flexibility index (Phi) is 4.70. The number of nitrogens with one attached hydrogen (secondary N) is 1. The molecule has 20 heavy (non-hydrogen) atoms. The van der Waals surface area contributed by atoms with Crippen LogP contribution in [0.25, 0.3) is 0 Å². The van der Waals surface area contributed by atoms with E-state index in [1.165, 1.54) is 4.88 Å². The molecule has 1 aromatic carbocycles. The average molecular weight is 355 g/mol. The van der Waals surface area contributed by atoms with Gasteiger partial charge in [-0.15, -0.1) is 11.3 Å². The van der Waals surface area contributed by atoms with Gasteiger partial charge in [-0.3, -0.25) is 0 Å². The predicted molar refractivity (Wildman–Crippen MR) is 89.1 cm³/mol. The lowest BCUT2D eigenvalue weighted by Crippen LogP contribution is -2.10. The highest BCUT2D eigenvalue weighted by molar-refractivity contribution is 9.10. The van der Waals surface area contributed by atoms with Gasteiger partial charge in [0.2, 0.25) is 0 Å². The summed E-state index contributed by atoms with van der Waals surface area (Å²) in [4.78, 5) is 5.88. The summed E-state index contributed by atoms with van der Waals surface area (Å²) in [5.74, 6) is 0.841. The molecule has 3 nitrogen and oxygen atoms in total. The Morgan fingerprint density at radius 1 is 1.30 bits per heavy atom. The van der Waals surface area contributed by atoms with Crippen molar-refractivity contribution in [3.05, 3.63) is 37.7 Å². The van der Waals surface area contributed by atoms with Crippen LogP contribution in [0, 0.1) is 20.8 Å². The number of thiazole rings is 1. The molecule has 1 atom stereocenters. The van der Waals surface area contributed by atoms with E-state index in [0.29, 0.717) is 0 Å². The zero-order valence-electron chi connectivity index (χ0n) is 12.4. The quantitative estimate of drug-likeness (QED) is 0.837. The highest BCUT2D eigenvalue weighted by Crippen LogP contribution is 2.35. The van der Waals surface area contributed by atoms with Gasteiger partial charge in [-0.25, -0.2) is 4.98 Å². The summed E-state index contributed by atoms with van der Waals surface area (Å²) < 4.78 is 6.49. The first-order valence-corrected chi connectivity index (χ1v) is 8.08. The first kappa shape index (κ1) is 15.3. The number of nitrogens with zero attached hydrogens (tertiary/aromatic N) is 1. The number of halogens is 1. The van der Waals surface area contributed by atoms with Crippen LogP contribution < -0.4 is 10.1 Å². The minimum Gasteiger partial charge on any atom is -0.495 e. The summed E-state index contributed by atoms with van der Waals surface area (Å²) in [6.07, 6.45) is 0. The summed E-state index contributed by atoms with van der Waals surface area (Å²) >= 11 is 5.23. The molecule has 2 aromatic rings. The maximum atomic E-state index is 5.47. The van der Waals surface area contributed by atoms with Crippen molar-refractivity contribution >= 4 is 33.0 Å². The van der Waals surface area contributed by atoms with E-state index in [4.69, 9.17) is 4.74 Å². The van der Waals surface area contributed by atoms with Gasteiger partial charge in [0.05, 0.1) is 29.5 Å². The summed E-state index contributed by atoms with van der Waals surface area (Å²) in [6.45, 7) is 8.35. The molecular weight excluding hydrogens is 336 g/mol. The number of anilines is 1. The molecule has 0 aliphatic carbocycles. The van der Waals surface area contributed by atoms with Crippen molar-refractivity contribution in [2.75, 3.05) is 12.4 Å². The summed E-state index contributed by atoms with van der Waals surface area (Å²) in [6, 6.07) is 4.20. The number of hydrogen-bond donors (Lipinski definition) is 1. The van der Waals surface area contributed by atoms with Crippen molar-refractivity contribution in [1.82, 2.24) is 4.98 Å². The molecule has 1 N–H and O–H groups in total. The zero-order chi connectivity index (χ0) is 14.9. The molecule has 5 heteroatoms. The number of hydrogen-bond acceptors (Lipinski definition) is 4. The molecule has 108 valence electrons. The fraction of sp³-hybridized carbons (Fsp3) is 0.400. The van der Waals surface area contributed by atoms with E-state index in [1.807, 2.05) is 13.0 Å². The number of aromatic nitrogens is 1. The van der Waals surface area contributed by atoms with Gasteiger partial charge >= 0.3 is 0 Å². The van der Waals surface area contributed by atoms with Crippen LogP contribution in [0.4, 0.5) is 5.69 Å². The van der Waals surface area contributed by atoms with E-state index in [-0.39, 0.29) is 6.04 Å². The van der Waals surface area contributed by atoms with Crippen molar-refractivity contribution < 1.29 is 4.74 Å². The fourth-order valence-corrected chi connectivity index (χ4v) is 3.76. The van der Waals surface area contributed by atoms with Gasteiger partial charge in [0.15, 0.2) is 0 Å². The van der Waals surface area contributed by atoms with E-state index in [0.717, 1.165) is 32.2 Å². The molecule has 0 spiro atoms. The normalized spacial score (nSPS) is 12.3. The standard InChI is InChI=1S/C15H19BrN2OS/c1-8-6-12(16)7-13(19-5)14(8)17-9(2)15-10(3)20-11(4)18-15/h6-7,9,17H,1-5H3. The molecule has 0 aliphatic rings. The first-order chi connectivity index (χ1) is 9.42. The molecule has 1 unspecified atom stereocenters. The maximum absolute atomic E-state index is 5.47. The fourth-order valence-electron chi connectivity index (χ4n) is 2.29. The Labute approximate surface area is 132 Å². The Bertz CT molecular complexity index is 625. The zero-order valence-corrected chi connectivity index (χ0v) is 14.8. The van der Waals surface area contributed by atoms with Gasteiger partial charge in [0, 0.05) is 9.35 Å². The monoisotopic (exact) mass is 354 g/mol. The first-order valence-electron chi connectivity index (χ1n) is 6.47. The molecule has 0 amide bonds. The van der Waals surface area contributed by atoms with Crippen LogP contribution in [0.2, 0.25) is 0 Å². The van der Waals surface area contributed by atoms with E-state index >= 15 is 0 Å². The Balaban J connectivity index is 2.32. The smallest absolute Gasteiger partial charge is 0.143 e. The van der Waals surface area contributed by atoms with Crippen LogP contribution in [-0.4, -0.2) is 12.1 Å². The third-order valence-electron chi connectivity index (χ3n) is 3.19. The molecule has 1 aromatic heterocycles. The Hall–Kier alpha value is -1.07. The number of aryl methyl sites for hydroxylation is 3. The van der Waals surface area contributed by atoms with Crippen LogP contribution in [0.1, 0.15) is 34.1 Å². The molecule has 0 radical (unpaired) electrons. The predicted octanol–water partition coefficient (Wildman–Crippen LogP) is 5.01. The van der Waals surface area contributed by atoms with Gasteiger partial charge in [0.1, 0.15) is 5.75 Å². The molecule has 0 saturated heterocycles. The molecular formula is C15H19BrN2OS. The minimum absolute atomic E-state index is 0.147. The number of ether oxygens (including phenoxy) is 1. The third-order valence-corrected chi connectivity index (χ3v) is 4.55. The SMILES string of the molecule is COc1cc(Br)cc(C)c1NC(C)c1nc(C)sc1C. The van der Waals surface area contributed by atoms with Crippen molar-refractivity contribution in [3.8, 4) is 5.75 Å². The van der Waals surface area contributed by atoms with E-state index in [2.05, 4.69) is 53.1 Å². The van der Waals surface area contributed by atoms with Gasteiger partial charge in [-0.2, -0.15) is 0 Å². The number of rotatable bonds is 4. The maximum Gasteiger partial charge on any atom is 0.143 e. The molecule has 0 aliphatic heterocycles.